The summed E-state index contributed by atoms with van der Waals surface area (Å²) in [6, 6.07) is 8.31. The Morgan fingerprint density at radius 3 is 2.35 bits per heavy atom. The summed E-state index contributed by atoms with van der Waals surface area (Å²) in [6.07, 6.45) is 4.14. The quantitative estimate of drug-likeness (QED) is 0.676. The third-order valence-electron chi connectivity index (χ3n) is 3.40. The fourth-order valence-corrected chi connectivity index (χ4v) is 2.34. The van der Waals surface area contributed by atoms with E-state index in [9.17, 15) is 0 Å². The summed E-state index contributed by atoms with van der Waals surface area (Å²) in [5, 5.41) is 0.240. The van der Waals surface area contributed by atoms with Crippen LogP contribution < -0.4 is 4.43 Å². The Morgan fingerprint density at radius 2 is 1.82 bits per heavy atom. The molecule has 0 saturated heterocycles. The molecule has 0 bridgehead atoms. The van der Waals surface area contributed by atoms with Crippen molar-refractivity contribution in [2.45, 2.75) is 45.8 Å². The topological polar surface area (TPSA) is 9.23 Å². The summed E-state index contributed by atoms with van der Waals surface area (Å²) in [5.74, 6) is 0.993. The zero-order valence-corrected chi connectivity index (χ0v) is 12.9. The van der Waals surface area contributed by atoms with Gasteiger partial charge in [0.05, 0.1) is 0 Å². The van der Waals surface area contributed by atoms with E-state index in [2.05, 4.69) is 58.1 Å². The molecule has 0 aliphatic heterocycles. The Hall–Kier alpha value is -1.02. The van der Waals surface area contributed by atoms with E-state index in [0.29, 0.717) is 0 Å². The number of allylic oxidation sites excluding steroid dienone is 1. The van der Waals surface area contributed by atoms with Crippen molar-refractivity contribution in [3.63, 3.8) is 0 Å². The number of hydrogen-bond acceptors (Lipinski definition) is 1. The molecule has 1 aromatic rings. The molecule has 0 atom stereocenters. The van der Waals surface area contributed by atoms with Crippen molar-refractivity contribution in [1.82, 2.24) is 0 Å². The highest BCUT2D eigenvalue weighted by atomic mass is 28.4. The van der Waals surface area contributed by atoms with Crippen molar-refractivity contribution in [1.29, 1.82) is 0 Å². The molecule has 0 heterocycles. The molecule has 1 nitrogen and oxygen atoms in total. The lowest BCUT2D eigenvalue weighted by molar-refractivity contribution is 0.492. The minimum absolute atomic E-state index is 0.240. The Balaban J connectivity index is 2.92. The van der Waals surface area contributed by atoms with Crippen LogP contribution in [-0.4, -0.2) is 8.32 Å². The second-order valence-electron chi connectivity index (χ2n) is 5.93. The Kier molecular flexibility index (Phi) is 4.20. The molecule has 0 radical (unpaired) electrons. The third kappa shape index (κ3) is 3.74. The van der Waals surface area contributed by atoms with Crippen molar-refractivity contribution < 1.29 is 4.43 Å². The molecule has 0 fully saturated rings. The van der Waals surface area contributed by atoms with E-state index in [-0.39, 0.29) is 5.04 Å². The third-order valence-corrected chi connectivity index (χ3v) is 7.75. The highest BCUT2D eigenvalue weighted by Gasteiger charge is 2.38. The lowest BCUT2D eigenvalue weighted by atomic mass is 10.2. The van der Waals surface area contributed by atoms with Crippen LogP contribution in [0.2, 0.25) is 18.1 Å². The van der Waals surface area contributed by atoms with Crippen molar-refractivity contribution in [2.24, 2.45) is 0 Å². The fraction of sp³-hybridized carbons (Fsp3) is 0.467. The van der Waals surface area contributed by atoms with E-state index >= 15 is 0 Å². The standard InChI is InChI=1S/C15H24OSi/c1-7-9-13-10-8-11-14(12-13)16-17(5,6)15(2,3)4/h7-12H,1-6H3. The predicted molar refractivity (Wildman–Crippen MR) is 79.0 cm³/mol. The number of hydrogen-bond donors (Lipinski definition) is 0. The van der Waals surface area contributed by atoms with Crippen LogP contribution in [0.5, 0.6) is 5.75 Å². The molecule has 2 heteroatoms. The van der Waals surface area contributed by atoms with Crippen LogP contribution in [0.15, 0.2) is 30.3 Å². The lowest BCUT2D eigenvalue weighted by Gasteiger charge is -2.36. The average Bonchev–Trinajstić information content (AvgIpc) is 2.16. The highest BCUT2D eigenvalue weighted by molar-refractivity contribution is 6.74. The first kappa shape index (κ1) is 14.0. The molecular formula is C15H24OSi. The van der Waals surface area contributed by atoms with Crippen molar-refractivity contribution in [2.75, 3.05) is 0 Å². The molecule has 0 saturated carbocycles. The molecular weight excluding hydrogens is 224 g/mol. The summed E-state index contributed by atoms with van der Waals surface area (Å²) < 4.78 is 6.26. The van der Waals surface area contributed by atoms with E-state index in [0.717, 1.165) is 5.75 Å². The van der Waals surface area contributed by atoms with Crippen LogP contribution in [0.25, 0.3) is 6.08 Å². The lowest BCUT2D eigenvalue weighted by Crippen LogP contribution is -2.43. The van der Waals surface area contributed by atoms with Gasteiger partial charge in [-0.2, -0.15) is 0 Å². The molecule has 1 rings (SSSR count). The first-order valence-electron chi connectivity index (χ1n) is 6.18. The summed E-state index contributed by atoms with van der Waals surface area (Å²) in [5.41, 5.74) is 1.20. The maximum absolute atomic E-state index is 6.26. The van der Waals surface area contributed by atoms with Crippen molar-refractivity contribution in [3.8, 4) is 5.75 Å². The van der Waals surface area contributed by atoms with Crippen molar-refractivity contribution in [3.05, 3.63) is 35.9 Å². The molecule has 1 aromatic carbocycles. The maximum atomic E-state index is 6.26. The molecule has 17 heavy (non-hydrogen) atoms. The van der Waals surface area contributed by atoms with Gasteiger partial charge in [0, 0.05) is 0 Å². The van der Waals surface area contributed by atoms with Crippen LogP contribution in [0.1, 0.15) is 33.3 Å². The summed E-state index contributed by atoms with van der Waals surface area (Å²) in [4.78, 5) is 0. The van der Waals surface area contributed by atoms with Gasteiger partial charge in [-0.1, -0.05) is 45.1 Å². The summed E-state index contributed by atoms with van der Waals surface area (Å²) in [6.45, 7) is 13.4. The molecule has 94 valence electrons. The van der Waals surface area contributed by atoms with Crippen LogP contribution in [0.3, 0.4) is 0 Å². The van der Waals surface area contributed by atoms with Gasteiger partial charge in [0.15, 0.2) is 0 Å². The molecule has 0 aliphatic carbocycles. The van der Waals surface area contributed by atoms with Gasteiger partial charge >= 0.3 is 0 Å². The van der Waals surface area contributed by atoms with E-state index in [4.69, 9.17) is 4.43 Å². The normalized spacial score (nSPS) is 13.1. The zero-order valence-electron chi connectivity index (χ0n) is 11.9. The largest absolute Gasteiger partial charge is 0.543 e. The molecule has 0 aromatic heterocycles. The van der Waals surface area contributed by atoms with Gasteiger partial charge in [-0.15, -0.1) is 0 Å². The molecule has 0 N–H and O–H groups in total. The maximum Gasteiger partial charge on any atom is 0.250 e. The molecule has 0 amide bonds. The monoisotopic (exact) mass is 248 g/mol. The number of benzene rings is 1. The smallest absolute Gasteiger partial charge is 0.250 e. The minimum Gasteiger partial charge on any atom is -0.543 e. The van der Waals surface area contributed by atoms with Gasteiger partial charge in [0.1, 0.15) is 5.75 Å². The minimum atomic E-state index is -1.72. The van der Waals surface area contributed by atoms with Gasteiger partial charge in [-0.3, -0.25) is 0 Å². The van der Waals surface area contributed by atoms with Crippen LogP contribution in [-0.2, 0) is 0 Å². The first-order valence-corrected chi connectivity index (χ1v) is 9.09. The van der Waals surface area contributed by atoms with E-state index in [1.165, 1.54) is 5.56 Å². The zero-order chi connectivity index (χ0) is 13.1. The Bertz CT molecular complexity index is 400. The molecule has 0 spiro atoms. The Labute approximate surface area is 107 Å². The van der Waals surface area contributed by atoms with Gasteiger partial charge in [0.2, 0.25) is 8.32 Å². The average molecular weight is 248 g/mol. The Morgan fingerprint density at radius 1 is 1.18 bits per heavy atom. The van der Waals surface area contributed by atoms with Gasteiger partial charge in [-0.25, -0.2) is 0 Å². The van der Waals surface area contributed by atoms with Crippen LogP contribution in [0.4, 0.5) is 0 Å². The van der Waals surface area contributed by atoms with E-state index < -0.39 is 8.32 Å². The highest BCUT2D eigenvalue weighted by Crippen LogP contribution is 2.37. The predicted octanol–water partition coefficient (Wildman–Crippen LogP) is 5.10. The first-order chi connectivity index (χ1) is 7.76. The van der Waals surface area contributed by atoms with Crippen LogP contribution in [0, 0.1) is 0 Å². The molecule has 0 aliphatic rings. The van der Waals surface area contributed by atoms with Gasteiger partial charge in [0.25, 0.3) is 0 Å². The van der Waals surface area contributed by atoms with Crippen molar-refractivity contribution >= 4 is 14.4 Å². The number of rotatable bonds is 3. The van der Waals surface area contributed by atoms with E-state index in [1.807, 2.05) is 19.1 Å². The fourth-order valence-electron chi connectivity index (χ4n) is 1.32. The SMILES string of the molecule is CC=Cc1cccc(O[Si](C)(C)C(C)(C)C)c1. The van der Waals surface area contributed by atoms with Gasteiger partial charge in [-0.05, 0) is 42.8 Å². The molecule has 0 unspecified atom stereocenters. The summed E-state index contributed by atoms with van der Waals surface area (Å²) >= 11 is 0. The van der Waals surface area contributed by atoms with E-state index in [1.54, 1.807) is 0 Å². The van der Waals surface area contributed by atoms with Gasteiger partial charge < -0.3 is 4.43 Å². The summed E-state index contributed by atoms with van der Waals surface area (Å²) in [7, 11) is -1.72. The second-order valence-corrected chi connectivity index (χ2v) is 10.7. The second kappa shape index (κ2) is 5.09. The van der Waals surface area contributed by atoms with Crippen LogP contribution >= 0.6 is 0 Å².